The molecule has 11 aromatic rings. The van der Waals surface area contributed by atoms with Gasteiger partial charge in [-0.3, -0.25) is 0 Å². The number of hydrogen-bond donors (Lipinski definition) is 0. The third kappa shape index (κ3) is 4.40. The van der Waals surface area contributed by atoms with Crippen LogP contribution in [0.2, 0.25) is 0 Å². The number of fused-ring (bicyclic) bond motifs is 13. The Morgan fingerprint density at radius 1 is 0.390 bits per heavy atom. The highest BCUT2D eigenvalue weighted by Gasteiger charge is 2.50. The van der Waals surface area contributed by atoms with Crippen molar-refractivity contribution in [3.8, 4) is 27.9 Å². The van der Waals surface area contributed by atoms with Crippen molar-refractivity contribution >= 4 is 60.4 Å². The van der Waals surface area contributed by atoms with Gasteiger partial charge in [0.05, 0.1) is 24.7 Å². The number of nitrogens with zero attached hydrogens (tertiary/aromatic N) is 2. The Labute approximate surface area is 350 Å². The van der Waals surface area contributed by atoms with E-state index in [1.54, 1.807) is 0 Å². The van der Waals surface area contributed by atoms with Gasteiger partial charge in [0, 0.05) is 33.5 Å². The first-order valence-corrected chi connectivity index (χ1v) is 20.0. The molecule has 0 saturated heterocycles. The predicted molar refractivity (Wildman–Crippen MR) is 247 cm³/mol. The van der Waals surface area contributed by atoms with Crippen molar-refractivity contribution in [2.75, 3.05) is 4.90 Å². The molecule has 0 atom stereocenters. The summed E-state index contributed by atoms with van der Waals surface area (Å²) in [5.74, 6) is 0. The first-order valence-electron chi connectivity index (χ1n) is 23.0. The van der Waals surface area contributed by atoms with E-state index in [9.17, 15) is 6.85 Å². The van der Waals surface area contributed by atoms with Gasteiger partial charge in [-0.2, -0.15) is 0 Å². The second-order valence-corrected chi connectivity index (χ2v) is 15.6. The summed E-state index contributed by atoms with van der Waals surface area (Å²) in [6.45, 7) is 0. The summed E-state index contributed by atoms with van der Waals surface area (Å²) in [5, 5.41) is 5.06. The number of hydrogen-bond acceptors (Lipinski definition) is 1. The Morgan fingerprint density at radius 2 is 1.00 bits per heavy atom. The third-order valence-electron chi connectivity index (χ3n) is 12.7. The molecule has 10 aromatic carbocycles. The van der Waals surface area contributed by atoms with Gasteiger partial charge in [0.15, 0.2) is 0 Å². The van der Waals surface area contributed by atoms with Crippen LogP contribution in [0.5, 0.6) is 0 Å². The van der Waals surface area contributed by atoms with Crippen molar-refractivity contribution < 1.29 is 8.22 Å². The molecule has 2 aliphatic carbocycles. The van der Waals surface area contributed by atoms with Crippen molar-refractivity contribution in [3.05, 3.63) is 240 Å². The minimum absolute atomic E-state index is 0.117. The van der Waals surface area contributed by atoms with Gasteiger partial charge in [0.1, 0.15) is 0 Å². The highest BCUT2D eigenvalue weighted by atomic mass is 15.1. The Morgan fingerprint density at radius 3 is 1.83 bits per heavy atom. The van der Waals surface area contributed by atoms with Gasteiger partial charge in [0.2, 0.25) is 0 Å². The fourth-order valence-corrected chi connectivity index (χ4v) is 10.3. The van der Waals surface area contributed by atoms with Crippen molar-refractivity contribution in [1.82, 2.24) is 4.57 Å². The molecule has 0 radical (unpaired) electrons. The molecule has 13 rings (SSSR count). The first kappa shape index (κ1) is 27.0. The molecule has 1 aromatic heterocycles. The molecule has 2 aliphatic rings. The lowest BCUT2D eigenvalue weighted by Gasteiger charge is -2.41. The summed E-state index contributed by atoms with van der Waals surface area (Å²) in [7, 11) is 0. The van der Waals surface area contributed by atoms with Crippen LogP contribution in [0.1, 0.15) is 30.5 Å². The lowest BCUT2D eigenvalue weighted by atomic mass is 9.61. The Kier molecular flexibility index (Phi) is 5.57. The van der Waals surface area contributed by atoms with Gasteiger partial charge < -0.3 is 9.47 Å². The minimum atomic E-state index is -1.18. The molecule has 1 heterocycles. The van der Waals surface area contributed by atoms with Crippen LogP contribution in [0, 0.1) is 0 Å². The van der Waals surface area contributed by atoms with Gasteiger partial charge in [0.25, 0.3) is 0 Å². The molecule has 0 aliphatic heterocycles. The zero-order valence-electron chi connectivity index (χ0n) is 37.7. The van der Waals surface area contributed by atoms with Crippen molar-refractivity contribution in [2.24, 2.45) is 0 Å². The van der Waals surface area contributed by atoms with E-state index in [-0.39, 0.29) is 41.6 Å². The summed E-state index contributed by atoms with van der Waals surface area (Å²) < 4.78 is 58.5. The Balaban J connectivity index is 1.17. The summed E-state index contributed by atoms with van der Waals surface area (Å²) >= 11 is 0. The lowest BCUT2D eigenvalue weighted by molar-refractivity contribution is 0.773. The number of aromatic nitrogens is 1. The van der Waals surface area contributed by atoms with Crippen molar-refractivity contribution in [3.63, 3.8) is 0 Å². The average molecular weight is 755 g/mol. The molecule has 1 spiro atoms. The zero-order valence-corrected chi connectivity index (χ0v) is 31.7. The van der Waals surface area contributed by atoms with Crippen LogP contribution in [0.15, 0.2) is 218 Å². The van der Waals surface area contributed by atoms with Gasteiger partial charge >= 0.3 is 0 Å². The van der Waals surface area contributed by atoms with Crippen molar-refractivity contribution in [2.45, 2.75) is 5.41 Å². The molecular weight excluding hydrogens is 713 g/mol. The Bertz CT molecular complexity index is 3820. The molecule has 0 fully saturated rings. The SMILES string of the molecule is [2H]c1c([2H])c2c3c(c([2H])c([2H])c([2H])c3c1[2H])C1(c3ccccc3-c3ccccc31)c1cc(N(c3ccc4ccccc4c3)c3ccc4c5ccccc5n(-c5ccccc5)c4c3)ccc1-2. The molecule has 0 N–H and O–H groups in total. The van der Waals surface area contributed by atoms with Gasteiger partial charge in [-0.1, -0.05) is 164 Å². The Hall–Kier alpha value is -7.68. The predicted octanol–water partition coefficient (Wildman–Crippen LogP) is 14.9. The van der Waals surface area contributed by atoms with Gasteiger partial charge in [-0.25, -0.2) is 0 Å². The molecule has 2 heteroatoms. The lowest BCUT2D eigenvalue weighted by Crippen LogP contribution is -2.32. The van der Waals surface area contributed by atoms with Crippen LogP contribution in [0.25, 0.3) is 71.3 Å². The largest absolute Gasteiger partial charge is 0.310 e. The van der Waals surface area contributed by atoms with E-state index in [4.69, 9.17) is 1.37 Å². The van der Waals surface area contributed by atoms with Crippen LogP contribution < -0.4 is 4.90 Å². The maximum absolute atomic E-state index is 9.87. The topological polar surface area (TPSA) is 8.17 Å². The quantitative estimate of drug-likeness (QED) is 0.174. The molecule has 0 unspecified atom stereocenters. The van der Waals surface area contributed by atoms with Crippen LogP contribution in [-0.2, 0) is 5.41 Å². The summed E-state index contributed by atoms with van der Waals surface area (Å²) in [5.41, 5.74) is 11.0. The van der Waals surface area contributed by atoms with E-state index in [1.165, 1.54) is 0 Å². The van der Waals surface area contributed by atoms with Gasteiger partial charge in [-0.05, 0) is 121 Å². The van der Waals surface area contributed by atoms with Crippen LogP contribution >= 0.6 is 0 Å². The van der Waals surface area contributed by atoms with E-state index in [1.807, 2.05) is 42.5 Å². The molecule has 0 bridgehead atoms. The number of para-hydroxylation sites is 2. The molecule has 0 saturated carbocycles. The zero-order chi connectivity index (χ0) is 43.9. The standard InChI is InChI=1S/C57H36N2/c1-2-18-40(19-3-1)59-54-27-11-8-22-47(54)48-33-31-43(36-55(48)59)58(41-29-28-37-14-4-5-15-39(37)34-41)42-30-32-46-49-23-12-16-38-17-13-26-52(56(38)49)57(53(46)35-42)50-24-9-6-20-44(50)45-21-7-10-25-51(45)57/h1-36H/i12D,13D,16D,17D,23D,26D. The second-order valence-electron chi connectivity index (χ2n) is 15.6. The molecule has 274 valence electrons. The van der Waals surface area contributed by atoms with E-state index < -0.39 is 5.41 Å². The van der Waals surface area contributed by atoms with E-state index >= 15 is 0 Å². The number of benzene rings is 10. The minimum Gasteiger partial charge on any atom is -0.310 e. The molecule has 59 heavy (non-hydrogen) atoms. The summed E-state index contributed by atoms with van der Waals surface area (Å²) in [6, 6.07) is 61.8. The van der Waals surface area contributed by atoms with Crippen LogP contribution in [0.4, 0.5) is 17.1 Å². The third-order valence-corrected chi connectivity index (χ3v) is 12.7. The van der Waals surface area contributed by atoms with Crippen LogP contribution in [-0.4, -0.2) is 4.57 Å². The normalized spacial score (nSPS) is 14.6. The van der Waals surface area contributed by atoms with Gasteiger partial charge in [-0.15, -0.1) is 0 Å². The monoisotopic (exact) mass is 754 g/mol. The average Bonchev–Trinajstić information content (AvgIpc) is 3.83. The van der Waals surface area contributed by atoms with E-state index in [2.05, 4.69) is 149 Å². The summed E-state index contributed by atoms with van der Waals surface area (Å²) in [6.07, 6.45) is 0. The highest BCUT2D eigenvalue weighted by Crippen LogP contribution is 2.62. The summed E-state index contributed by atoms with van der Waals surface area (Å²) in [4.78, 5) is 2.28. The smallest absolute Gasteiger partial charge is 0.0726 e. The van der Waals surface area contributed by atoms with Crippen LogP contribution in [0.3, 0.4) is 0 Å². The maximum Gasteiger partial charge on any atom is 0.0726 e. The fourth-order valence-electron chi connectivity index (χ4n) is 10.3. The first-order chi connectivity index (χ1) is 31.8. The second kappa shape index (κ2) is 12.2. The van der Waals surface area contributed by atoms with E-state index in [0.717, 1.165) is 83.1 Å². The van der Waals surface area contributed by atoms with Crippen molar-refractivity contribution in [1.29, 1.82) is 0 Å². The molecule has 2 nitrogen and oxygen atoms in total. The fraction of sp³-hybridized carbons (Fsp3) is 0.0175. The highest BCUT2D eigenvalue weighted by molar-refractivity contribution is 6.11. The molecular formula is C57H36N2. The maximum atomic E-state index is 9.87. The van der Waals surface area contributed by atoms with E-state index in [0.29, 0.717) is 22.1 Å². The molecule has 0 amide bonds. The number of rotatable bonds is 4. The number of anilines is 3.